The van der Waals surface area contributed by atoms with Crippen LogP contribution >= 0.6 is 0 Å². The minimum Gasteiger partial charge on any atom is -0.493 e. The highest BCUT2D eigenvalue weighted by Crippen LogP contribution is 2.39. The zero-order valence-electron chi connectivity index (χ0n) is 12.3. The molecular formula is C14H19NO5S. The van der Waals surface area contributed by atoms with Gasteiger partial charge in [0, 0.05) is 23.6 Å². The third-order valence-corrected chi connectivity index (χ3v) is 4.67. The van der Waals surface area contributed by atoms with Gasteiger partial charge >= 0.3 is 0 Å². The summed E-state index contributed by atoms with van der Waals surface area (Å²) in [5, 5.41) is 4.42. The molecule has 116 valence electrons. The van der Waals surface area contributed by atoms with E-state index in [0.29, 0.717) is 23.8 Å². The molecule has 1 aromatic rings. The van der Waals surface area contributed by atoms with Crippen molar-refractivity contribution < 1.29 is 22.6 Å². The van der Waals surface area contributed by atoms with Gasteiger partial charge in [0.15, 0.2) is 21.3 Å². The lowest BCUT2D eigenvalue weighted by atomic mass is 10.1. The summed E-state index contributed by atoms with van der Waals surface area (Å²) < 4.78 is 38.7. The Morgan fingerprint density at radius 2 is 1.86 bits per heavy atom. The van der Waals surface area contributed by atoms with Crippen LogP contribution in [0.3, 0.4) is 0 Å². The van der Waals surface area contributed by atoms with Gasteiger partial charge < -0.3 is 19.5 Å². The molecule has 1 atom stereocenters. The average molecular weight is 313 g/mol. The highest BCUT2D eigenvalue weighted by Gasteiger charge is 2.22. The summed E-state index contributed by atoms with van der Waals surface area (Å²) in [5.41, 5.74) is 0.868. The Hall–Kier alpha value is -1.73. The van der Waals surface area contributed by atoms with E-state index in [2.05, 4.69) is 5.32 Å². The van der Waals surface area contributed by atoms with Gasteiger partial charge in [-0.05, 0) is 6.07 Å². The Labute approximate surface area is 124 Å². The van der Waals surface area contributed by atoms with Gasteiger partial charge in [0.2, 0.25) is 5.75 Å². The summed E-state index contributed by atoms with van der Waals surface area (Å²) >= 11 is 0. The number of benzene rings is 1. The monoisotopic (exact) mass is 313 g/mol. The van der Waals surface area contributed by atoms with E-state index in [1.807, 2.05) is 6.07 Å². The first-order valence-electron chi connectivity index (χ1n) is 6.43. The van der Waals surface area contributed by atoms with E-state index in [4.69, 9.17) is 14.2 Å². The molecule has 0 radical (unpaired) electrons. The van der Waals surface area contributed by atoms with Gasteiger partial charge in [-0.1, -0.05) is 12.1 Å². The van der Waals surface area contributed by atoms with Crippen LogP contribution in [-0.4, -0.2) is 41.5 Å². The van der Waals surface area contributed by atoms with Crippen molar-refractivity contribution in [2.24, 2.45) is 0 Å². The molecule has 0 spiro atoms. The van der Waals surface area contributed by atoms with Gasteiger partial charge in [-0.2, -0.15) is 0 Å². The zero-order chi connectivity index (χ0) is 15.5. The SMILES string of the molecule is COc1ccc(CNC2C=CS(=O)(=O)C2)c(OC)c1OC. The summed E-state index contributed by atoms with van der Waals surface area (Å²) in [6.07, 6.45) is 1.66. The molecule has 0 bridgehead atoms. The predicted octanol–water partition coefficient (Wildman–Crippen LogP) is 1.11. The van der Waals surface area contributed by atoms with Gasteiger partial charge in [0.05, 0.1) is 27.1 Å². The lowest BCUT2D eigenvalue weighted by molar-refractivity contribution is 0.321. The van der Waals surface area contributed by atoms with Crippen molar-refractivity contribution in [2.45, 2.75) is 12.6 Å². The molecule has 0 saturated heterocycles. The molecule has 6 nitrogen and oxygen atoms in total. The minimum absolute atomic E-state index is 0.0859. The van der Waals surface area contributed by atoms with E-state index >= 15 is 0 Å². The third-order valence-electron chi connectivity index (χ3n) is 3.27. The van der Waals surface area contributed by atoms with E-state index in [1.165, 1.54) is 5.41 Å². The van der Waals surface area contributed by atoms with Crippen LogP contribution in [0.4, 0.5) is 0 Å². The predicted molar refractivity (Wildman–Crippen MR) is 79.7 cm³/mol. The van der Waals surface area contributed by atoms with Crippen LogP contribution in [0.1, 0.15) is 5.56 Å². The number of hydrogen-bond donors (Lipinski definition) is 1. The van der Waals surface area contributed by atoms with Gasteiger partial charge in [-0.25, -0.2) is 8.42 Å². The normalized spacial score (nSPS) is 19.5. The summed E-state index contributed by atoms with van der Waals surface area (Å²) in [6, 6.07) is 3.47. The van der Waals surface area contributed by atoms with Crippen molar-refractivity contribution in [3.63, 3.8) is 0 Å². The van der Waals surface area contributed by atoms with Crippen LogP contribution in [0.25, 0.3) is 0 Å². The van der Waals surface area contributed by atoms with E-state index in [9.17, 15) is 8.42 Å². The summed E-state index contributed by atoms with van der Waals surface area (Å²) in [6.45, 7) is 0.466. The molecule has 2 rings (SSSR count). The maximum atomic E-state index is 11.4. The average Bonchev–Trinajstić information content (AvgIpc) is 2.83. The zero-order valence-corrected chi connectivity index (χ0v) is 13.1. The number of nitrogens with one attached hydrogen (secondary N) is 1. The van der Waals surface area contributed by atoms with Crippen molar-refractivity contribution in [1.82, 2.24) is 5.32 Å². The summed E-state index contributed by atoms with van der Waals surface area (Å²) in [4.78, 5) is 0. The molecule has 0 fully saturated rings. The molecule has 0 aromatic heterocycles. The molecular weight excluding hydrogens is 294 g/mol. The Kier molecular flexibility index (Phi) is 4.74. The molecule has 1 aromatic carbocycles. The molecule has 0 aliphatic carbocycles. The van der Waals surface area contributed by atoms with Crippen molar-refractivity contribution in [2.75, 3.05) is 27.1 Å². The molecule has 1 N–H and O–H groups in total. The van der Waals surface area contributed by atoms with Crippen molar-refractivity contribution in [1.29, 1.82) is 0 Å². The lowest BCUT2D eigenvalue weighted by Crippen LogP contribution is -2.29. The second-order valence-electron chi connectivity index (χ2n) is 4.64. The number of sulfone groups is 1. The molecule has 21 heavy (non-hydrogen) atoms. The second kappa shape index (κ2) is 6.36. The van der Waals surface area contributed by atoms with Crippen LogP contribution in [-0.2, 0) is 16.4 Å². The topological polar surface area (TPSA) is 73.9 Å². The Balaban J connectivity index is 2.15. The largest absolute Gasteiger partial charge is 0.493 e. The standard InChI is InChI=1S/C14H19NO5S/c1-18-12-5-4-10(13(19-2)14(12)20-3)8-15-11-6-7-21(16,17)9-11/h4-7,11,15H,8-9H2,1-3H3. The van der Waals surface area contributed by atoms with Crippen molar-refractivity contribution >= 4 is 9.84 Å². The molecule has 1 unspecified atom stereocenters. The molecule has 7 heteroatoms. The highest BCUT2D eigenvalue weighted by atomic mass is 32.2. The quantitative estimate of drug-likeness (QED) is 0.848. The number of ether oxygens (including phenoxy) is 3. The van der Waals surface area contributed by atoms with Crippen LogP contribution in [0, 0.1) is 0 Å². The summed E-state index contributed by atoms with van der Waals surface area (Å²) in [5.74, 6) is 1.77. The van der Waals surface area contributed by atoms with E-state index in [1.54, 1.807) is 33.5 Å². The van der Waals surface area contributed by atoms with Gasteiger partial charge in [0.1, 0.15) is 0 Å². The third kappa shape index (κ3) is 3.48. The first-order chi connectivity index (χ1) is 10.0. The van der Waals surface area contributed by atoms with E-state index in [-0.39, 0.29) is 11.8 Å². The van der Waals surface area contributed by atoms with Crippen molar-refractivity contribution in [3.8, 4) is 17.2 Å². The van der Waals surface area contributed by atoms with Crippen LogP contribution in [0.15, 0.2) is 23.6 Å². The smallest absolute Gasteiger partial charge is 0.203 e. The maximum Gasteiger partial charge on any atom is 0.203 e. The van der Waals surface area contributed by atoms with Gasteiger partial charge in [0.25, 0.3) is 0 Å². The first kappa shape index (κ1) is 15.7. The number of methoxy groups -OCH3 is 3. The second-order valence-corrected chi connectivity index (χ2v) is 6.57. The van der Waals surface area contributed by atoms with Crippen LogP contribution in [0.2, 0.25) is 0 Å². The molecule has 0 saturated carbocycles. The number of hydrogen-bond acceptors (Lipinski definition) is 6. The fourth-order valence-corrected chi connectivity index (χ4v) is 3.52. The molecule has 1 aliphatic rings. The van der Waals surface area contributed by atoms with E-state index in [0.717, 1.165) is 5.56 Å². The maximum absolute atomic E-state index is 11.4. The minimum atomic E-state index is -3.06. The molecule has 1 aliphatic heterocycles. The first-order valence-corrected chi connectivity index (χ1v) is 8.14. The fraction of sp³-hybridized carbons (Fsp3) is 0.429. The summed E-state index contributed by atoms with van der Waals surface area (Å²) in [7, 11) is 1.60. The highest BCUT2D eigenvalue weighted by molar-refractivity contribution is 7.94. The Morgan fingerprint density at radius 3 is 2.38 bits per heavy atom. The Bertz CT molecular complexity index is 639. The molecule has 1 heterocycles. The molecule has 0 amide bonds. The Morgan fingerprint density at radius 1 is 1.14 bits per heavy atom. The van der Waals surface area contributed by atoms with Gasteiger partial charge in [-0.3, -0.25) is 0 Å². The lowest BCUT2D eigenvalue weighted by Gasteiger charge is -2.17. The van der Waals surface area contributed by atoms with Gasteiger partial charge in [-0.15, -0.1) is 0 Å². The number of rotatable bonds is 6. The fourth-order valence-electron chi connectivity index (χ4n) is 2.25. The van der Waals surface area contributed by atoms with Crippen molar-refractivity contribution in [3.05, 3.63) is 29.2 Å². The van der Waals surface area contributed by atoms with E-state index < -0.39 is 9.84 Å². The van der Waals surface area contributed by atoms with Crippen LogP contribution < -0.4 is 19.5 Å². The van der Waals surface area contributed by atoms with Crippen LogP contribution in [0.5, 0.6) is 17.2 Å².